The monoisotopic (exact) mass is 471 g/mol. The second-order valence-electron chi connectivity index (χ2n) is 6.96. The number of hydrogen-bond donors (Lipinski definition) is 3. The SMILES string of the molecule is NCc1ccc(-c2nc3ccc(Br)cc3[nH]2)cc1Nc1nccc(-c2cccnc2)n1. The van der Waals surface area contributed by atoms with E-state index >= 15 is 0 Å². The molecule has 5 aromatic rings. The molecule has 0 atom stereocenters. The molecule has 152 valence electrons. The molecule has 0 unspecified atom stereocenters. The van der Waals surface area contributed by atoms with Gasteiger partial charge in [0.15, 0.2) is 0 Å². The molecule has 0 amide bonds. The second-order valence-corrected chi connectivity index (χ2v) is 7.87. The number of anilines is 2. The van der Waals surface area contributed by atoms with Gasteiger partial charge in [0.2, 0.25) is 5.95 Å². The van der Waals surface area contributed by atoms with Gasteiger partial charge in [0.1, 0.15) is 5.82 Å². The Kier molecular flexibility index (Phi) is 5.15. The van der Waals surface area contributed by atoms with Crippen LogP contribution in [0.15, 0.2) is 77.7 Å². The van der Waals surface area contributed by atoms with Crippen molar-refractivity contribution in [2.24, 2.45) is 5.73 Å². The number of pyridine rings is 1. The highest BCUT2D eigenvalue weighted by atomic mass is 79.9. The summed E-state index contributed by atoms with van der Waals surface area (Å²) in [4.78, 5) is 21.2. The summed E-state index contributed by atoms with van der Waals surface area (Å²) in [5, 5.41) is 3.31. The fourth-order valence-corrected chi connectivity index (χ4v) is 3.71. The first kappa shape index (κ1) is 19.3. The van der Waals surface area contributed by atoms with E-state index in [0.29, 0.717) is 12.5 Å². The van der Waals surface area contributed by atoms with Crippen LogP contribution in [0.5, 0.6) is 0 Å². The van der Waals surface area contributed by atoms with Gasteiger partial charge in [0.05, 0.1) is 16.7 Å². The molecule has 0 fully saturated rings. The van der Waals surface area contributed by atoms with Gasteiger partial charge in [-0.15, -0.1) is 0 Å². The molecule has 4 N–H and O–H groups in total. The van der Waals surface area contributed by atoms with E-state index in [1.807, 2.05) is 54.6 Å². The van der Waals surface area contributed by atoms with Crippen molar-refractivity contribution in [3.05, 3.63) is 83.2 Å². The number of rotatable bonds is 5. The molecule has 0 saturated carbocycles. The lowest BCUT2D eigenvalue weighted by atomic mass is 10.1. The van der Waals surface area contributed by atoms with Gasteiger partial charge < -0.3 is 16.0 Å². The molecule has 3 heterocycles. The first-order valence-corrected chi connectivity index (χ1v) is 10.5. The molecule has 0 aliphatic carbocycles. The predicted molar refractivity (Wildman–Crippen MR) is 126 cm³/mol. The molecule has 0 aliphatic rings. The van der Waals surface area contributed by atoms with Gasteiger partial charge in [-0.25, -0.2) is 15.0 Å². The summed E-state index contributed by atoms with van der Waals surface area (Å²) in [6, 6.07) is 17.7. The van der Waals surface area contributed by atoms with Crippen LogP contribution in [0.2, 0.25) is 0 Å². The van der Waals surface area contributed by atoms with Crippen LogP contribution in [0.25, 0.3) is 33.7 Å². The molecular weight excluding hydrogens is 454 g/mol. The van der Waals surface area contributed by atoms with Crippen molar-refractivity contribution in [2.75, 3.05) is 5.32 Å². The van der Waals surface area contributed by atoms with Crippen LogP contribution in [0.1, 0.15) is 5.56 Å². The minimum absolute atomic E-state index is 0.387. The molecule has 3 aromatic heterocycles. The third-order valence-corrected chi connectivity index (χ3v) is 5.40. The first-order valence-electron chi connectivity index (χ1n) is 9.69. The van der Waals surface area contributed by atoms with Crippen molar-refractivity contribution in [3.63, 3.8) is 0 Å². The Balaban J connectivity index is 1.50. The minimum atomic E-state index is 0.387. The molecule has 2 aromatic carbocycles. The Labute approximate surface area is 186 Å². The highest BCUT2D eigenvalue weighted by molar-refractivity contribution is 9.10. The van der Waals surface area contributed by atoms with Gasteiger partial charge in [-0.1, -0.05) is 28.1 Å². The number of aromatic nitrogens is 5. The van der Waals surface area contributed by atoms with E-state index in [2.05, 4.69) is 41.2 Å². The number of nitrogens with two attached hydrogens (primary N) is 1. The lowest BCUT2D eigenvalue weighted by molar-refractivity contribution is 1.07. The first-order chi connectivity index (χ1) is 15.2. The Morgan fingerprint density at radius 3 is 2.74 bits per heavy atom. The van der Waals surface area contributed by atoms with Gasteiger partial charge >= 0.3 is 0 Å². The van der Waals surface area contributed by atoms with E-state index < -0.39 is 0 Å². The van der Waals surface area contributed by atoms with Gasteiger partial charge in [0.25, 0.3) is 0 Å². The second kappa shape index (κ2) is 8.25. The van der Waals surface area contributed by atoms with Crippen LogP contribution >= 0.6 is 15.9 Å². The molecular formula is C23H18BrN7. The lowest BCUT2D eigenvalue weighted by Gasteiger charge is -2.12. The van der Waals surface area contributed by atoms with Gasteiger partial charge in [-0.2, -0.15) is 0 Å². The molecule has 8 heteroatoms. The number of aromatic amines is 1. The average Bonchev–Trinajstić information content (AvgIpc) is 3.23. The van der Waals surface area contributed by atoms with Crippen LogP contribution in [0.4, 0.5) is 11.6 Å². The molecule has 0 spiro atoms. The van der Waals surface area contributed by atoms with E-state index in [0.717, 1.165) is 49.4 Å². The molecule has 31 heavy (non-hydrogen) atoms. The number of halogens is 1. The Morgan fingerprint density at radius 2 is 1.90 bits per heavy atom. The third-order valence-electron chi connectivity index (χ3n) is 4.91. The number of nitrogens with one attached hydrogen (secondary N) is 2. The number of H-pyrrole nitrogens is 1. The summed E-state index contributed by atoms with van der Waals surface area (Å²) in [6.45, 7) is 0.387. The predicted octanol–water partition coefficient (Wildman–Crippen LogP) is 5.05. The number of nitrogens with zero attached hydrogens (tertiary/aromatic N) is 4. The van der Waals surface area contributed by atoms with Crippen molar-refractivity contribution in [3.8, 4) is 22.6 Å². The molecule has 0 radical (unpaired) electrons. The van der Waals surface area contributed by atoms with Crippen molar-refractivity contribution in [1.82, 2.24) is 24.9 Å². The Bertz CT molecular complexity index is 1370. The van der Waals surface area contributed by atoms with Crippen LogP contribution in [0, 0.1) is 0 Å². The zero-order valence-electron chi connectivity index (χ0n) is 16.4. The summed E-state index contributed by atoms with van der Waals surface area (Å²) in [6.07, 6.45) is 5.23. The largest absolute Gasteiger partial charge is 0.338 e. The topological polar surface area (TPSA) is 105 Å². The lowest BCUT2D eigenvalue weighted by Crippen LogP contribution is -2.04. The number of imidazole rings is 1. The number of benzene rings is 2. The zero-order valence-corrected chi connectivity index (χ0v) is 18.0. The quantitative estimate of drug-likeness (QED) is 0.331. The molecule has 0 saturated heterocycles. The maximum absolute atomic E-state index is 5.97. The van der Waals surface area contributed by atoms with Gasteiger partial charge in [-0.05, 0) is 48.0 Å². The number of fused-ring (bicyclic) bond motifs is 1. The maximum atomic E-state index is 5.97. The Hall–Kier alpha value is -3.62. The van der Waals surface area contributed by atoms with E-state index in [1.54, 1.807) is 18.6 Å². The van der Waals surface area contributed by atoms with Crippen molar-refractivity contribution in [2.45, 2.75) is 6.54 Å². The smallest absolute Gasteiger partial charge is 0.227 e. The van der Waals surface area contributed by atoms with Crippen LogP contribution < -0.4 is 11.1 Å². The standard InChI is InChI=1S/C23H18BrN7/c24-17-5-6-19-21(11-17)29-22(28-19)14-3-4-15(12-25)20(10-14)31-23-27-9-7-18(30-23)16-2-1-8-26-13-16/h1-11,13H,12,25H2,(H,28,29)(H,27,30,31). The molecule has 7 nitrogen and oxygen atoms in total. The van der Waals surface area contributed by atoms with E-state index in [-0.39, 0.29) is 0 Å². The highest BCUT2D eigenvalue weighted by Crippen LogP contribution is 2.28. The van der Waals surface area contributed by atoms with Gasteiger partial charge in [-0.3, -0.25) is 4.98 Å². The van der Waals surface area contributed by atoms with Crippen LogP contribution in [0.3, 0.4) is 0 Å². The normalized spacial score (nSPS) is 11.0. The van der Waals surface area contributed by atoms with Crippen molar-refractivity contribution < 1.29 is 0 Å². The van der Waals surface area contributed by atoms with Crippen molar-refractivity contribution >= 4 is 38.6 Å². The van der Waals surface area contributed by atoms with E-state index in [4.69, 9.17) is 10.7 Å². The van der Waals surface area contributed by atoms with E-state index in [9.17, 15) is 0 Å². The molecule has 0 bridgehead atoms. The van der Waals surface area contributed by atoms with Crippen LogP contribution in [-0.4, -0.2) is 24.9 Å². The Morgan fingerprint density at radius 1 is 0.968 bits per heavy atom. The number of hydrogen-bond acceptors (Lipinski definition) is 6. The summed E-state index contributed by atoms with van der Waals surface area (Å²) < 4.78 is 1.00. The van der Waals surface area contributed by atoms with Crippen molar-refractivity contribution in [1.29, 1.82) is 0 Å². The zero-order chi connectivity index (χ0) is 21.2. The fraction of sp³-hybridized carbons (Fsp3) is 0.0435. The highest BCUT2D eigenvalue weighted by Gasteiger charge is 2.11. The third kappa shape index (κ3) is 4.03. The fourth-order valence-electron chi connectivity index (χ4n) is 3.35. The summed E-state index contributed by atoms with van der Waals surface area (Å²) in [5.41, 5.74) is 12.3. The molecule has 5 rings (SSSR count). The summed E-state index contributed by atoms with van der Waals surface area (Å²) in [7, 11) is 0. The van der Waals surface area contributed by atoms with E-state index in [1.165, 1.54) is 0 Å². The van der Waals surface area contributed by atoms with Crippen LogP contribution in [-0.2, 0) is 6.54 Å². The van der Waals surface area contributed by atoms with Gasteiger partial charge in [0, 0.05) is 46.4 Å². The summed E-state index contributed by atoms with van der Waals surface area (Å²) >= 11 is 3.50. The average molecular weight is 472 g/mol. The maximum Gasteiger partial charge on any atom is 0.227 e. The minimum Gasteiger partial charge on any atom is -0.338 e. The molecule has 0 aliphatic heterocycles. The summed E-state index contributed by atoms with van der Waals surface area (Å²) in [5.74, 6) is 1.27.